The van der Waals surface area contributed by atoms with Crippen LogP contribution in [0.15, 0.2) is 22.6 Å². The third-order valence-electron chi connectivity index (χ3n) is 4.31. The molecule has 0 saturated carbocycles. The minimum Gasteiger partial charge on any atom is -0.440 e. The number of fused-ring (bicyclic) bond motifs is 2. The zero-order valence-electron chi connectivity index (χ0n) is 14.6. The minimum absolute atomic E-state index is 0.163. The van der Waals surface area contributed by atoms with E-state index in [1.54, 1.807) is 0 Å². The molecule has 3 N–H and O–H groups in total. The SMILES string of the molecule is CC(C)(C)c1nc2cc(NC(=O)c3n[nH]c4c3CNCC4)ccc2o1. The maximum atomic E-state index is 12.6. The molecule has 1 aliphatic rings. The van der Waals surface area contributed by atoms with Crippen LogP contribution in [-0.2, 0) is 18.4 Å². The molecule has 1 aromatic carbocycles. The van der Waals surface area contributed by atoms with E-state index in [0.717, 1.165) is 29.7 Å². The van der Waals surface area contributed by atoms with Crippen LogP contribution in [0.3, 0.4) is 0 Å². The molecule has 0 fully saturated rings. The van der Waals surface area contributed by atoms with Crippen LogP contribution in [0.5, 0.6) is 0 Å². The number of carbonyl (C=O) groups is 1. The molecule has 1 aliphatic heterocycles. The lowest BCUT2D eigenvalue weighted by Gasteiger charge is -2.12. The Bertz CT molecular complexity index is 948. The van der Waals surface area contributed by atoms with Crippen molar-refractivity contribution in [1.82, 2.24) is 20.5 Å². The molecule has 7 heteroatoms. The summed E-state index contributed by atoms with van der Waals surface area (Å²) in [5.74, 6) is 0.457. The average Bonchev–Trinajstić information content (AvgIpc) is 3.18. The largest absolute Gasteiger partial charge is 0.440 e. The lowest BCUT2D eigenvalue weighted by molar-refractivity contribution is 0.102. The molecule has 0 radical (unpaired) electrons. The van der Waals surface area contributed by atoms with Gasteiger partial charge in [-0.15, -0.1) is 0 Å². The first-order chi connectivity index (χ1) is 11.9. The first kappa shape index (κ1) is 15.8. The van der Waals surface area contributed by atoms with Crippen molar-refractivity contribution >= 4 is 22.7 Å². The van der Waals surface area contributed by atoms with E-state index < -0.39 is 0 Å². The van der Waals surface area contributed by atoms with Crippen molar-refractivity contribution in [2.24, 2.45) is 0 Å². The fraction of sp³-hybridized carbons (Fsp3) is 0.389. The highest BCUT2D eigenvalue weighted by atomic mass is 16.3. The van der Waals surface area contributed by atoms with Crippen LogP contribution in [0.25, 0.3) is 11.1 Å². The molecule has 4 rings (SSSR count). The van der Waals surface area contributed by atoms with Gasteiger partial charge in [-0.05, 0) is 18.2 Å². The second-order valence-electron chi connectivity index (χ2n) is 7.36. The fourth-order valence-corrected chi connectivity index (χ4v) is 2.93. The normalized spacial score (nSPS) is 14.5. The fourth-order valence-electron chi connectivity index (χ4n) is 2.93. The summed E-state index contributed by atoms with van der Waals surface area (Å²) in [6, 6.07) is 5.47. The van der Waals surface area contributed by atoms with E-state index in [1.165, 1.54) is 0 Å². The van der Waals surface area contributed by atoms with Crippen molar-refractivity contribution in [3.05, 3.63) is 41.0 Å². The van der Waals surface area contributed by atoms with Gasteiger partial charge in [0.1, 0.15) is 5.52 Å². The molecule has 7 nitrogen and oxygen atoms in total. The van der Waals surface area contributed by atoms with Gasteiger partial charge in [0, 0.05) is 41.9 Å². The summed E-state index contributed by atoms with van der Waals surface area (Å²) in [5, 5.41) is 13.3. The lowest BCUT2D eigenvalue weighted by Crippen LogP contribution is -2.25. The molecule has 0 unspecified atom stereocenters. The van der Waals surface area contributed by atoms with Gasteiger partial charge >= 0.3 is 0 Å². The predicted molar refractivity (Wildman–Crippen MR) is 94.7 cm³/mol. The number of benzene rings is 1. The summed E-state index contributed by atoms with van der Waals surface area (Å²) in [6.45, 7) is 7.71. The summed E-state index contributed by atoms with van der Waals surface area (Å²) >= 11 is 0. The van der Waals surface area contributed by atoms with Crippen LogP contribution in [-0.4, -0.2) is 27.6 Å². The highest BCUT2D eigenvalue weighted by Crippen LogP contribution is 2.27. The summed E-state index contributed by atoms with van der Waals surface area (Å²) < 4.78 is 5.79. The summed E-state index contributed by atoms with van der Waals surface area (Å²) in [4.78, 5) is 17.1. The van der Waals surface area contributed by atoms with Gasteiger partial charge in [-0.1, -0.05) is 20.8 Å². The molecule has 0 bridgehead atoms. The summed E-state index contributed by atoms with van der Waals surface area (Å²) in [6.07, 6.45) is 0.857. The Morgan fingerprint density at radius 3 is 2.96 bits per heavy atom. The van der Waals surface area contributed by atoms with Crippen LogP contribution in [0, 0.1) is 0 Å². The van der Waals surface area contributed by atoms with E-state index in [1.807, 2.05) is 18.2 Å². The molecule has 130 valence electrons. The average molecular weight is 339 g/mol. The quantitative estimate of drug-likeness (QED) is 0.667. The van der Waals surface area contributed by atoms with Crippen molar-refractivity contribution in [3.63, 3.8) is 0 Å². The summed E-state index contributed by atoms with van der Waals surface area (Å²) in [7, 11) is 0. The van der Waals surface area contributed by atoms with Gasteiger partial charge in [0.25, 0.3) is 5.91 Å². The van der Waals surface area contributed by atoms with Crippen molar-refractivity contribution in [2.75, 3.05) is 11.9 Å². The van der Waals surface area contributed by atoms with Crippen molar-refractivity contribution < 1.29 is 9.21 Å². The predicted octanol–water partition coefficient (Wildman–Crippen LogP) is 2.75. The number of carbonyl (C=O) groups excluding carboxylic acids is 1. The first-order valence-electron chi connectivity index (χ1n) is 8.41. The number of hydrogen-bond acceptors (Lipinski definition) is 5. The molecule has 3 heterocycles. The Balaban J connectivity index is 1.60. The zero-order valence-corrected chi connectivity index (χ0v) is 14.6. The standard InChI is InChI=1S/C18H21N5O2/c1-18(2,3)17-21-13-8-10(4-5-14(13)25-17)20-16(24)15-11-9-19-7-6-12(11)22-23-15/h4-5,8,19H,6-7,9H2,1-3H3,(H,20,24)(H,22,23). The van der Waals surface area contributed by atoms with E-state index in [0.29, 0.717) is 29.4 Å². The van der Waals surface area contributed by atoms with Gasteiger partial charge in [-0.3, -0.25) is 9.89 Å². The van der Waals surface area contributed by atoms with Crippen LogP contribution in [0.2, 0.25) is 0 Å². The molecule has 2 aromatic heterocycles. The first-order valence-corrected chi connectivity index (χ1v) is 8.41. The van der Waals surface area contributed by atoms with Crippen LogP contribution in [0.1, 0.15) is 48.4 Å². The third kappa shape index (κ3) is 2.91. The van der Waals surface area contributed by atoms with Crippen LogP contribution < -0.4 is 10.6 Å². The van der Waals surface area contributed by atoms with Gasteiger partial charge in [0.15, 0.2) is 11.3 Å². The maximum Gasteiger partial charge on any atom is 0.276 e. The van der Waals surface area contributed by atoms with E-state index in [4.69, 9.17) is 4.42 Å². The lowest BCUT2D eigenvalue weighted by atomic mass is 9.97. The smallest absolute Gasteiger partial charge is 0.276 e. The number of amides is 1. The number of oxazole rings is 1. The number of nitrogens with zero attached hydrogens (tertiary/aromatic N) is 2. The van der Waals surface area contributed by atoms with Crippen LogP contribution in [0.4, 0.5) is 5.69 Å². The van der Waals surface area contributed by atoms with Crippen molar-refractivity contribution in [2.45, 2.75) is 39.2 Å². The molecule has 0 aliphatic carbocycles. The Hall–Kier alpha value is -2.67. The molecule has 0 spiro atoms. The van der Waals surface area contributed by atoms with E-state index in [-0.39, 0.29) is 11.3 Å². The Morgan fingerprint density at radius 2 is 2.16 bits per heavy atom. The number of H-pyrrole nitrogens is 1. The van der Waals surface area contributed by atoms with Gasteiger partial charge in [0.05, 0.1) is 0 Å². The van der Waals surface area contributed by atoms with Crippen LogP contribution >= 0.6 is 0 Å². The molecular formula is C18H21N5O2. The number of hydrogen-bond donors (Lipinski definition) is 3. The molecule has 0 saturated heterocycles. The Kier molecular flexibility index (Phi) is 3.61. The maximum absolute atomic E-state index is 12.6. The highest BCUT2D eigenvalue weighted by molar-refractivity contribution is 6.04. The summed E-state index contributed by atoms with van der Waals surface area (Å²) in [5.41, 5.74) is 4.37. The second kappa shape index (κ2) is 5.70. The number of nitrogens with one attached hydrogen (secondary N) is 3. The zero-order chi connectivity index (χ0) is 17.6. The van der Waals surface area contributed by atoms with Gasteiger partial charge < -0.3 is 15.1 Å². The van der Waals surface area contributed by atoms with Gasteiger partial charge in [-0.25, -0.2) is 4.98 Å². The topological polar surface area (TPSA) is 95.8 Å². The number of aromatic nitrogens is 3. The Morgan fingerprint density at radius 1 is 1.32 bits per heavy atom. The van der Waals surface area contributed by atoms with Gasteiger partial charge in [0.2, 0.25) is 5.89 Å². The van der Waals surface area contributed by atoms with Gasteiger partial charge in [-0.2, -0.15) is 5.10 Å². The van der Waals surface area contributed by atoms with E-state index >= 15 is 0 Å². The van der Waals surface area contributed by atoms with E-state index in [2.05, 4.69) is 46.6 Å². The molecule has 1 amide bonds. The molecule has 25 heavy (non-hydrogen) atoms. The monoisotopic (exact) mass is 339 g/mol. The second-order valence-corrected chi connectivity index (χ2v) is 7.36. The number of anilines is 1. The highest BCUT2D eigenvalue weighted by Gasteiger charge is 2.23. The molecule has 3 aromatic rings. The van der Waals surface area contributed by atoms with Crippen molar-refractivity contribution in [3.8, 4) is 0 Å². The van der Waals surface area contributed by atoms with Crippen molar-refractivity contribution in [1.29, 1.82) is 0 Å². The minimum atomic E-state index is -0.222. The molecule has 0 atom stereocenters. The Labute approximate surface area is 145 Å². The number of rotatable bonds is 2. The van der Waals surface area contributed by atoms with E-state index in [9.17, 15) is 4.79 Å². The third-order valence-corrected chi connectivity index (χ3v) is 4.31. The number of aromatic amines is 1. The molecular weight excluding hydrogens is 318 g/mol.